The Balaban J connectivity index is 0.00000128. The number of ether oxygens (including phenoxy) is 1. The maximum Gasteiger partial charge on any atom is 0.119 e. The Morgan fingerprint density at radius 2 is 1.47 bits per heavy atom. The number of anilines is 1. The first-order chi connectivity index (χ1) is 7.29. The van der Waals surface area contributed by atoms with E-state index in [0.717, 1.165) is 31.9 Å². The minimum absolute atomic E-state index is 0. The van der Waals surface area contributed by atoms with E-state index in [0.29, 0.717) is 0 Å². The van der Waals surface area contributed by atoms with Crippen LogP contribution in [0.15, 0.2) is 24.3 Å². The predicted molar refractivity (Wildman–Crippen MR) is 77.2 cm³/mol. The molecule has 1 aliphatic rings. The van der Waals surface area contributed by atoms with Gasteiger partial charge in [0.25, 0.3) is 0 Å². The second-order valence-electron chi connectivity index (χ2n) is 3.99. The zero-order valence-electron chi connectivity index (χ0n) is 10.3. The van der Waals surface area contributed by atoms with E-state index in [-0.39, 0.29) is 24.8 Å². The predicted octanol–water partition coefficient (Wildman–Crippen LogP) is 2.29. The molecule has 0 unspecified atom stereocenters. The fourth-order valence-electron chi connectivity index (χ4n) is 1.86. The summed E-state index contributed by atoms with van der Waals surface area (Å²) in [5, 5.41) is 0. The van der Waals surface area contributed by atoms with Crippen molar-refractivity contribution in [1.82, 2.24) is 4.90 Å². The lowest BCUT2D eigenvalue weighted by atomic mass is 10.2. The van der Waals surface area contributed by atoms with Crippen LogP contribution in [0.25, 0.3) is 0 Å². The Hall–Kier alpha value is -0.640. The van der Waals surface area contributed by atoms with Crippen molar-refractivity contribution in [2.24, 2.45) is 0 Å². The highest BCUT2D eigenvalue weighted by Gasteiger charge is 2.13. The zero-order chi connectivity index (χ0) is 10.7. The standard InChI is InChI=1S/C12H18N2O.2ClH/c1-13-7-9-14(10-8-13)11-3-5-12(15-2)6-4-11;;/h3-6H,7-10H2,1-2H3;2*1H. The Bertz CT molecular complexity index is 311. The first-order valence-electron chi connectivity index (χ1n) is 5.37. The van der Waals surface area contributed by atoms with Crippen LogP contribution in [-0.4, -0.2) is 45.2 Å². The van der Waals surface area contributed by atoms with Gasteiger partial charge in [0.15, 0.2) is 0 Å². The van der Waals surface area contributed by atoms with Gasteiger partial charge in [-0.05, 0) is 31.3 Å². The summed E-state index contributed by atoms with van der Waals surface area (Å²) in [6, 6.07) is 8.30. The van der Waals surface area contributed by atoms with E-state index >= 15 is 0 Å². The zero-order valence-corrected chi connectivity index (χ0v) is 11.9. The molecule has 0 saturated carbocycles. The van der Waals surface area contributed by atoms with Gasteiger partial charge in [-0.1, -0.05) is 0 Å². The van der Waals surface area contributed by atoms with Gasteiger partial charge >= 0.3 is 0 Å². The largest absolute Gasteiger partial charge is 0.497 e. The third kappa shape index (κ3) is 4.26. The van der Waals surface area contributed by atoms with Crippen molar-refractivity contribution in [2.75, 3.05) is 45.2 Å². The van der Waals surface area contributed by atoms with E-state index < -0.39 is 0 Å². The molecule has 1 fully saturated rings. The molecule has 0 atom stereocenters. The number of halogens is 2. The lowest BCUT2D eigenvalue weighted by Gasteiger charge is -2.34. The van der Waals surface area contributed by atoms with Gasteiger partial charge in [-0.15, -0.1) is 24.8 Å². The maximum atomic E-state index is 5.15. The molecule has 0 radical (unpaired) electrons. The number of hydrogen-bond acceptors (Lipinski definition) is 3. The van der Waals surface area contributed by atoms with Crippen molar-refractivity contribution in [2.45, 2.75) is 0 Å². The fourth-order valence-corrected chi connectivity index (χ4v) is 1.86. The van der Waals surface area contributed by atoms with Crippen LogP contribution in [0.1, 0.15) is 0 Å². The van der Waals surface area contributed by atoms with Crippen molar-refractivity contribution in [3.05, 3.63) is 24.3 Å². The summed E-state index contributed by atoms with van der Waals surface area (Å²) in [6.07, 6.45) is 0. The Morgan fingerprint density at radius 1 is 0.941 bits per heavy atom. The number of rotatable bonds is 2. The van der Waals surface area contributed by atoms with Gasteiger partial charge in [-0.25, -0.2) is 0 Å². The van der Waals surface area contributed by atoms with Crippen LogP contribution in [0.2, 0.25) is 0 Å². The van der Waals surface area contributed by atoms with Crippen molar-refractivity contribution < 1.29 is 4.74 Å². The minimum Gasteiger partial charge on any atom is -0.497 e. The molecule has 0 aromatic heterocycles. The van der Waals surface area contributed by atoms with E-state index in [1.165, 1.54) is 5.69 Å². The summed E-state index contributed by atoms with van der Waals surface area (Å²) in [5.41, 5.74) is 1.30. The molecule has 0 spiro atoms. The van der Waals surface area contributed by atoms with Crippen LogP contribution in [0.3, 0.4) is 0 Å². The SMILES string of the molecule is COc1ccc(N2CCN(C)CC2)cc1.Cl.Cl. The molecule has 1 heterocycles. The highest BCUT2D eigenvalue weighted by Crippen LogP contribution is 2.19. The van der Waals surface area contributed by atoms with E-state index in [9.17, 15) is 0 Å². The van der Waals surface area contributed by atoms with Gasteiger partial charge in [-0.3, -0.25) is 0 Å². The summed E-state index contributed by atoms with van der Waals surface area (Å²) < 4.78 is 5.15. The number of benzene rings is 1. The fraction of sp³-hybridized carbons (Fsp3) is 0.500. The van der Waals surface area contributed by atoms with Crippen LogP contribution >= 0.6 is 24.8 Å². The second-order valence-corrected chi connectivity index (χ2v) is 3.99. The molecule has 0 N–H and O–H groups in total. The van der Waals surface area contributed by atoms with Gasteiger partial charge in [0, 0.05) is 31.9 Å². The Kier molecular flexibility index (Phi) is 7.35. The van der Waals surface area contributed by atoms with Gasteiger partial charge < -0.3 is 14.5 Å². The molecule has 2 rings (SSSR count). The summed E-state index contributed by atoms with van der Waals surface area (Å²) in [4.78, 5) is 4.78. The molecular weight excluding hydrogens is 259 g/mol. The molecule has 3 nitrogen and oxygen atoms in total. The normalized spacial score (nSPS) is 15.8. The van der Waals surface area contributed by atoms with Crippen LogP contribution < -0.4 is 9.64 Å². The first kappa shape index (κ1) is 16.4. The molecule has 0 amide bonds. The highest BCUT2D eigenvalue weighted by molar-refractivity contribution is 5.85. The van der Waals surface area contributed by atoms with E-state index in [1.54, 1.807) is 7.11 Å². The number of likely N-dealkylation sites (N-methyl/N-ethyl adjacent to an activating group) is 1. The van der Waals surface area contributed by atoms with Gasteiger partial charge in [0.05, 0.1) is 7.11 Å². The van der Waals surface area contributed by atoms with Crippen molar-refractivity contribution in [1.29, 1.82) is 0 Å². The molecule has 1 aromatic carbocycles. The quantitative estimate of drug-likeness (QED) is 0.826. The molecule has 0 bridgehead atoms. The third-order valence-electron chi connectivity index (χ3n) is 2.94. The summed E-state index contributed by atoms with van der Waals surface area (Å²) in [5.74, 6) is 0.924. The van der Waals surface area contributed by atoms with Crippen LogP contribution in [0, 0.1) is 0 Å². The topological polar surface area (TPSA) is 15.7 Å². The summed E-state index contributed by atoms with van der Waals surface area (Å²) in [7, 11) is 3.87. The van der Waals surface area contributed by atoms with Crippen LogP contribution in [-0.2, 0) is 0 Å². The third-order valence-corrected chi connectivity index (χ3v) is 2.94. The Labute approximate surface area is 116 Å². The van der Waals surface area contributed by atoms with E-state index in [1.807, 2.05) is 12.1 Å². The highest BCUT2D eigenvalue weighted by atomic mass is 35.5. The monoisotopic (exact) mass is 278 g/mol. The lowest BCUT2D eigenvalue weighted by Crippen LogP contribution is -2.44. The maximum absolute atomic E-state index is 5.15. The summed E-state index contributed by atoms with van der Waals surface area (Å²) >= 11 is 0. The molecule has 98 valence electrons. The smallest absolute Gasteiger partial charge is 0.119 e. The second kappa shape index (κ2) is 7.64. The van der Waals surface area contributed by atoms with Crippen molar-refractivity contribution >= 4 is 30.5 Å². The number of nitrogens with zero attached hydrogens (tertiary/aromatic N) is 2. The molecule has 5 heteroatoms. The van der Waals surface area contributed by atoms with Crippen LogP contribution in [0.5, 0.6) is 5.75 Å². The number of methoxy groups -OCH3 is 1. The van der Waals surface area contributed by atoms with E-state index in [4.69, 9.17) is 4.74 Å². The summed E-state index contributed by atoms with van der Waals surface area (Å²) in [6.45, 7) is 4.52. The lowest BCUT2D eigenvalue weighted by molar-refractivity contribution is 0.313. The first-order valence-corrected chi connectivity index (χ1v) is 5.37. The van der Waals surface area contributed by atoms with Crippen LogP contribution in [0.4, 0.5) is 5.69 Å². The number of hydrogen-bond donors (Lipinski definition) is 0. The average Bonchev–Trinajstić information content (AvgIpc) is 2.30. The molecule has 0 aliphatic carbocycles. The molecule has 1 saturated heterocycles. The van der Waals surface area contributed by atoms with Crippen molar-refractivity contribution in [3.63, 3.8) is 0 Å². The minimum atomic E-state index is 0. The van der Waals surface area contributed by atoms with Gasteiger partial charge in [0.2, 0.25) is 0 Å². The molecule has 1 aliphatic heterocycles. The molecule has 1 aromatic rings. The molecular formula is C12H20Cl2N2O. The van der Waals surface area contributed by atoms with Crippen molar-refractivity contribution in [3.8, 4) is 5.75 Å². The van der Waals surface area contributed by atoms with E-state index in [2.05, 4.69) is 29.0 Å². The van der Waals surface area contributed by atoms with Gasteiger partial charge in [0.1, 0.15) is 5.75 Å². The average molecular weight is 279 g/mol. The van der Waals surface area contributed by atoms with Gasteiger partial charge in [-0.2, -0.15) is 0 Å². The number of piperazine rings is 1. The molecule has 17 heavy (non-hydrogen) atoms. The Morgan fingerprint density at radius 3 is 1.94 bits per heavy atom.